The van der Waals surface area contributed by atoms with Crippen LogP contribution in [0.2, 0.25) is 0 Å². The number of nitrogens with one attached hydrogen (secondary N) is 1. The molecular formula is C26H32N6O2S. The second kappa shape index (κ2) is 10.7. The van der Waals surface area contributed by atoms with Crippen molar-refractivity contribution in [1.82, 2.24) is 30.4 Å². The monoisotopic (exact) mass is 492 g/mol. The van der Waals surface area contributed by atoms with E-state index in [1.165, 1.54) is 16.1 Å². The van der Waals surface area contributed by atoms with Gasteiger partial charge in [-0.1, -0.05) is 61.6 Å². The van der Waals surface area contributed by atoms with Crippen LogP contribution >= 0.6 is 11.3 Å². The zero-order valence-electron chi connectivity index (χ0n) is 20.1. The molecule has 9 heteroatoms. The number of aryl methyl sites for hydroxylation is 1. The van der Waals surface area contributed by atoms with Crippen LogP contribution < -0.4 is 5.32 Å². The summed E-state index contributed by atoms with van der Waals surface area (Å²) in [5, 5.41) is 17.9. The Labute approximate surface area is 209 Å². The van der Waals surface area contributed by atoms with E-state index in [0.29, 0.717) is 5.82 Å². The van der Waals surface area contributed by atoms with E-state index in [1.54, 1.807) is 0 Å². The van der Waals surface area contributed by atoms with Crippen molar-refractivity contribution in [2.24, 2.45) is 0 Å². The van der Waals surface area contributed by atoms with Gasteiger partial charge in [0.1, 0.15) is 12.6 Å². The molecule has 2 saturated carbocycles. The predicted octanol–water partition coefficient (Wildman–Crippen LogP) is 4.28. The number of aromatic nitrogens is 4. The van der Waals surface area contributed by atoms with Crippen molar-refractivity contribution < 1.29 is 9.59 Å². The number of benzene rings is 1. The molecule has 1 N–H and O–H groups in total. The number of carbonyl (C=O) groups is 2. The lowest BCUT2D eigenvalue weighted by Gasteiger charge is -2.36. The van der Waals surface area contributed by atoms with Crippen molar-refractivity contribution >= 4 is 23.2 Å². The van der Waals surface area contributed by atoms with Crippen LogP contribution in [0.15, 0.2) is 41.8 Å². The number of thiophene rings is 1. The van der Waals surface area contributed by atoms with E-state index in [1.807, 2.05) is 53.6 Å². The summed E-state index contributed by atoms with van der Waals surface area (Å²) in [6.45, 7) is 1.98. The van der Waals surface area contributed by atoms with E-state index in [-0.39, 0.29) is 30.4 Å². The molecular weight excluding hydrogens is 460 g/mol. The maximum absolute atomic E-state index is 13.8. The number of hydrogen-bond donors (Lipinski definition) is 1. The molecule has 8 nitrogen and oxygen atoms in total. The van der Waals surface area contributed by atoms with Gasteiger partial charge in [-0.15, -0.1) is 21.5 Å². The highest BCUT2D eigenvalue weighted by Crippen LogP contribution is 2.33. The Morgan fingerprint density at radius 3 is 2.49 bits per heavy atom. The predicted molar refractivity (Wildman–Crippen MR) is 135 cm³/mol. The first-order valence-corrected chi connectivity index (χ1v) is 13.5. The summed E-state index contributed by atoms with van der Waals surface area (Å²) in [7, 11) is 0. The highest BCUT2D eigenvalue weighted by atomic mass is 32.1. The van der Waals surface area contributed by atoms with E-state index in [2.05, 4.69) is 20.7 Å². The average Bonchev–Trinajstić information content (AvgIpc) is 3.66. The average molecular weight is 493 g/mol. The van der Waals surface area contributed by atoms with E-state index in [9.17, 15) is 9.59 Å². The Morgan fingerprint density at radius 1 is 1.09 bits per heavy atom. The van der Waals surface area contributed by atoms with Gasteiger partial charge in [0.2, 0.25) is 17.6 Å². The fraction of sp³-hybridized carbons (Fsp3) is 0.500. The van der Waals surface area contributed by atoms with Crippen LogP contribution in [-0.2, 0) is 16.1 Å². The molecule has 2 aliphatic rings. The molecule has 35 heavy (non-hydrogen) atoms. The van der Waals surface area contributed by atoms with Gasteiger partial charge in [-0.2, -0.15) is 4.80 Å². The standard InChI is InChI=1S/C26H32N6O2S/c1-18-12-14-19(15-13-18)24(26(34)27-20-7-2-3-8-20)32(21-9-4-5-10-21)23(33)17-31-29-25(28-30-31)22-11-6-16-35-22/h6,11-16,20-21,24H,2-5,7-10,17H2,1H3,(H,27,34)/t24-/m0/s1. The Morgan fingerprint density at radius 2 is 1.80 bits per heavy atom. The first-order chi connectivity index (χ1) is 17.1. The topological polar surface area (TPSA) is 93.0 Å². The fourth-order valence-electron chi connectivity index (χ4n) is 5.30. The lowest BCUT2D eigenvalue weighted by molar-refractivity contribution is -0.144. The number of hydrogen-bond acceptors (Lipinski definition) is 6. The lowest BCUT2D eigenvalue weighted by Crippen LogP contribution is -2.50. The third kappa shape index (κ3) is 5.45. The van der Waals surface area contributed by atoms with Crippen LogP contribution in [0.25, 0.3) is 10.7 Å². The Balaban J connectivity index is 1.44. The first kappa shape index (κ1) is 23.7. The zero-order chi connectivity index (χ0) is 24.2. The zero-order valence-corrected chi connectivity index (χ0v) is 20.9. The second-order valence-corrected chi connectivity index (χ2v) is 10.6. The van der Waals surface area contributed by atoms with Crippen LogP contribution in [-0.4, -0.2) is 49.0 Å². The Bertz CT molecular complexity index is 1130. The maximum atomic E-state index is 13.8. The summed E-state index contributed by atoms with van der Waals surface area (Å²) in [6.07, 6.45) is 8.18. The largest absolute Gasteiger partial charge is 0.351 e. The molecule has 184 valence electrons. The molecule has 2 heterocycles. The minimum absolute atomic E-state index is 0.0171. The Kier molecular flexibility index (Phi) is 7.22. The van der Waals surface area contributed by atoms with Crippen LogP contribution in [0.1, 0.15) is 68.5 Å². The lowest BCUT2D eigenvalue weighted by atomic mass is 9.99. The van der Waals surface area contributed by atoms with Crippen molar-refractivity contribution in [3.05, 3.63) is 52.9 Å². The minimum Gasteiger partial charge on any atom is -0.351 e. The van der Waals surface area contributed by atoms with Gasteiger partial charge in [0.15, 0.2) is 0 Å². The summed E-state index contributed by atoms with van der Waals surface area (Å²) in [5.74, 6) is 0.264. The molecule has 3 aromatic rings. The normalized spacial score (nSPS) is 17.5. The minimum atomic E-state index is -0.674. The molecule has 5 rings (SSSR count). The summed E-state index contributed by atoms with van der Waals surface area (Å²) in [4.78, 5) is 31.7. The number of tetrazole rings is 1. The van der Waals surface area contributed by atoms with E-state index < -0.39 is 6.04 Å². The molecule has 0 spiro atoms. The molecule has 1 aromatic carbocycles. The van der Waals surface area contributed by atoms with Crippen LogP contribution in [0, 0.1) is 6.92 Å². The summed E-state index contributed by atoms with van der Waals surface area (Å²) in [5.41, 5.74) is 1.97. The van der Waals surface area contributed by atoms with Gasteiger partial charge in [0.05, 0.1) is 4.88 Å². The van der Waals surface area contributed by atoms with Gasteiger partial charge in [0, 0.05) is 12.1 Å². The number of rotatable bonds is 8. The SMILES string of the molecule is Cc1ccc([C@@H](C(=O)NC2CCCC2)N(C(=O)Cn2nnc(-c3cccs3)n2)C2CCCC2)cc1. The molecule has 0 aliphatic heterocycles. The summed E-state index contributed by atoms with van der Waals surface area (Å²) < 4.78 is 0. The van der Waals surface area contributed by atoms with Crippen molar-refractivity contribution in [3.63, 3.8) is 0 Å². The van der Waals surface area contributed by atoms with Crippen LogP contribution in [0.3, 0.4) is 0 Å². The number of nitrogens with zero attached hydrogens (tertiary/aromatic N) is 5. The van der Waals surface area contributed by atoms with E-state index in [4.69, 9.17) is 0 Å². The second-order valence-electron chi connectivity index (χ2n) is 9.66. The highest BCUT2D eigenvalue weighted by Gasteiger charge is 2.38. The van der Waals surface area contributed by atoms with Gasteiger partial charge < -0.3 is 10.2 Å². The molecule has 2 aliphatic carbocycles. The molecule has 0 radical (unpaired) electrons. The first-order valence-electron chi connectivity index (χ1n) is 12.6. The van der Waals surface area contributed by atoms with Crippen molar-refractivity contribution in [3.8, 4) is 10.7 Å². The molecule has 0 bridgehead atoms. The van der Waals surface area contributed by atoms with E-state index >= 15 is 0 Å². The molecule has 2 fully saturated rings. The summed E-state index contributed by atoms with van der Waals surface area (Å²) >= 11 is 1.53. The third-order valence-corrected chi connectivity index (χ3v) is 7.96. The molecule has 0 saturated heterocycles. The quantitative estimate of drug-likeness (QED) is 0.507. The fourth-order valence-corrected chi connectivity index (χ4v) is 5.94. The smallest absolute Gasteiger partial charge is 0.247 e. The molecule has 2 amide bonds. The van der Waals surface area contributed by atoms with Gasteiger partial charge in [-0.3, -0.25) is 9.59 Å². The summed E-state index contributed by atoms with van der Waals surface area (Å²) in [6, 6.07) is 11.4. The third-order valence-electron chi connectivity index (χ3n) is 7.10. The van der Waals surface area contributed by atoms with Gasteiger partial charge in [-0.05, 0) is 54.8 Å². The number of amides is 2. The molecule has 2 aromatic heterocycles. The molecule has 1 atom stereocenters. The Hall–Kier alpha value is -3.07. The van der Waals surface area contributed by atoms with Gasteiger partial charge in [-0.25, -0.2) is 0 Å². The van der Waals surface area contributed by atoms with Crippen molar-refractivity contribution in [2.45, 2.75) is 83.0 Å². The van der Waals surface area contributed by atoms with Crippen molar-refractivity contribution in [2.75, 3.05) is 0 Å². The van der Waals surface area contributed by atoms with E-state index in [0.717, 1.165) is 67.4 Å². The number of carbonyl (C=O) groups excluding carboxylic acids is 2. The van der Waals surface area contributed by atoms with Gasteiger partial charge >= 0.3 is 0 Å². The maximum Gasteiger partial charge on any atom is 0.247 e. The van der Waals surface area contributed by atoms with Gasteiger partial charge in [0.25, 0.3) is 0 Å². The van der Waals surface area contributed by atoms with Crippen LogP contribution in [0.4, 0.5) is 0 Å². The molecule has 0 unspecified atom stereocenters. The van der Waals surface area contributed by atoms with Crippen LogP contribution in [0.5, 0.6) is 0 Å². The highest BCUT2D eigenvalue weighted by molar-refractivity contribution is 7.13. The van der Waals surface area contributed by atoms with Crippen molar-refractivity contribution in [1.29, 1.82) is 0 Å².